The van der Waals surface area contributed by atoms with Crippen molar-refractivity contribution in [3.8, 4) is 0 Å². The number of amides is 1. The van der Waals surface area contributed by atoms with E-state index in [1.165, 1.54) is 0 Å². The highest BCUT2D eigenvalue weighted by atomic mass is 16.5. The molecule has 0 aliphatic rings. The third-order valence-corrected chi connectivity index (χ3v) is 3.88. The van der Waals surface area contributed by atoms with Crippen molar-refractivity contribution in [3.05, 3.63) is 52.9 Å². The number of esters is 1. The summed E-state index contributed by atoms with van der Waals surface area (Å²) in [7, 11) is 0. The van der Waals surface area contributed by atoms with Gasteiger partial charge in [-0.15, -0.1) is 0 Å². The first kappa shape index (κ1) is 18.7. The minimum Gasteiger partial charge on any atom is -0.454 e. The van der Waals surface area contributed by atoms with Crippen LogP contribution < -0.4 is 5.32 Å². The van der Waals surface area contributed by atoms with Crippen LogP contribution in [0.25, 0.3) is 0 Å². The van der Waals surface area contributed by atoms with Crippen LogP contribution in [0.5, 0.6) is 0 Å². The summed E-state index contributed by atoms with van der Waals surface area (Å²) >= 11 is 0. The van der Waals surface area contributed by atoms with Gasteiger partial charge in [0.15, 0.2) is 0 Å². The second-order valence-corrected chi connectivity index (χ2v) is 6.50. The fraction of sp³-hybridized carbons (Fsp3) is 0.421. The van der Waals surface area contributed by atoms with E-state index in [9.17, 15) is 9.59 Å². The van der Waals surface area contributed by atoms with Gasteiger partial charge >= 0.3 is 5.97 Å². The lowest BCUT2D eigenvalue weighted by atomic mass is 10.0. The third-order valence-electron chi connectivity index (χ3n) is 3.88. The molecule has 2 aromatic rings. The smallest absolute Gasteiger partial charge is 0.329 e. The molecule has 25 heavy (non-hydrogen) atoms. The van der Waals surface area contributed by atoms with Gasteiger partial charge < -0.3 is 14.6 Å². The Morgan fingerprint density at radius 3 is 2.28 bits per heavy atom. The van der Waals surface area contributed by atoms with E-state index in [1.54, 1.807) is 32.0 Å². The molecular weight excluding hydrogens is 320 g/mol. The number of aryl methyl sites for hydroxylation is 2. The molecule has 0 aliphatic heterocycles. The van der Waals surface area contributed by atoms with Crippen molar-refractivity contribution in [2.24, 2.45) is 5.92 Å². The van der Waals surface area contributed by atoms with E-state index in [1.807, 2.05) is 32.9 Å². The highest BCUT2D eigenvalue weighted by molar-refractivity contribution is 5.96. The number of ether oxygens (including phenoxy) is 1. The minimum atomic E-state index is -0.746. The van der Waals surface area contributed by atoms with Crippen LogP contribution >= 0.6 is 0 Å². The molecule has 0 bridgehead atoms. The quantitative estimate of drug-likeness (QED) is 0.813. The van der Waals surface area contributed by atoms with Crippen LogP contribution in [0, 0.1) is 19.8 Å². The summed E-state index contributed by atoms with van der Waals surface area (Å²) in [5.74, 6) is -0.275. The molecule has 134 valence electrons. The fourth-order valence-electron chi connectivity index (χ4n) is 2.31. The SMILES string of the molecule is Cc1ccc(C(=O)N[C@H](C(=O)O[C@@H](C)c2cc(C)on2)C(C)C)cc1. The van der Waals surface area contributed by atoms with E-state index in [0.29, 0.717) is 17.0 Å². The Labute approximate surface area is 147 Å². The van der Waals surface area contributed by atoms with Gasteiger partial charge in [0.2, 0.25) is 0 Å². The van der Waals surface area contributed by atoms with Crippen molar-refractivity contribution in [1.82, 2.24) is 10.5 Å². The number of nitrogens with zero attached hydrogens (tertiary/aromatic N) is 1. The predicted molar refractivity (Wildman–Crippen MR) is 93.0 cm³/mol. The number of aromatic nitrogens is 1. The molecule has 0 radical (unpaired) electrons. The number of nitrogens with one attached hydrogen (secondary N) is 1. The van der Waals surface area contributed by atoms with Crippen molar-refractivity contribution in [2.45, 2.75) is 46.8 Å². The van der Waals surface area contributed by atoms with Gasteiger partial charge in [-0.2, -0.15) is 0 Å². The minimum absolute atomic E-state index is 0.117. The van der Waals surface area contributed by atoms with Crippen molar-refractivity contribution in [1.29, 1.82) is 0 Å². The Morgan fingerprint density at radius 1 is 1.12 bits per heavy atom. The van der Waals surface area contributed by atoms with E-state index >= 15 is 0 Å². The Hall–Kier alpha value is -2.63. The van der Waals surface area contributed by atoms with Gasteiger partial charge in [-0.25, -0.2) is 4.79 Å². The molecule has 0 saturated carbocycles. The lowest BCUT2D eigenvalue weighted by molar-refractivity contribution is -0.152. The fourth-order valence-corrected chi connectivity index (χ4v) is 2.31. The standard InChI is InChI=1S/C19H24N2O4/c1-11(2)17(20-18(22)15-8-6-12(3)7-9-15)19(23)24-14(5)16-10-13(4)25-21-16/h6-11,14,17H,1-5H3,(H,20,22)/t14-,17-/m0/s1. The second kappa shape index (κ2) is 7.96. The summed E-state index contributed by atoms with van der Waals surface area (Å²) in [6, 6.07) is 8.14. The maximum Gasteiger partial charge on any atom is 0.329 e. The van der Waals surface area contributed by atoms with E-state index in [-0.39, 0.29) is 11.8 Å². The van der Waals surface area contributed by atoms with Crippen LogP contribution in [0.2, 0.25) is 0 Å². The molecule has 0 fully saturated rings. The highest BCUT2D eigenvalue weighted by Crippen LogP contribution is 2.18. The normalized spacial score (nSPS) is 13.4. The number of benzene rings is 1. The first-order valence-corrected chi connectivity index (χ1v) is 8.29. The van der Waals surface area contributed by atoms with Crippen LogP contribution in [0.3, 0.4) is 0 Å². The van der Waals surface area contributed by atoms with Gasteiger partial charge in [0.25, 0.3) is 5.91 Å². The summed E-state index contributed by atoms with van der Waals surface area (Å²) in [6.45, 7) is 9.14. The molecule has 1 aromatic heterocycles. The summed E-state index contributed by atoms with van der Waals surface area (Å²) in [5.41, 5.74) is 2.11. The van der Waals surface area contributed by atoms with Crippen LogP contribution in [-0.4, -0.2) is 23.1 Å². The van der Waals surface area contributed by atoms with Gasteiger partial charge in [-0.3, -0.25) is 4.79 Å². The molecule has 1 N–H and O–H groups in total. The Kier molecular flexibility index (Phi) is 5.96. The largest absolute Gasteiger partial charge is 0.454 e. The summed E-state index contributed by atoms with van der Waals surface area (Å²) in [4.78, 5) is 24.9. The lowest BCUT2D eigenvalue weighted by Gasteiger charge is -2.22. The zero-order valence-electron chi connectivity index (χ0n) is 15.2. The molecule has 1 aromatic carbocycles. The second-order valence-electron chi connectivity index (χ2n) is 6.50. The molecule has 0 saturated heterocycles. The van der Waals surface area contributed by atoms with Gasteiger partial charge in [0.1, 0.15) is 23.6 Å². The van der Waals surface area contributed by atoms with Crippen LogP contribution in [0.4, 0.5) is 0 Å². The van der Waals surface area contributed by atoms with E-state index < -0.39 is 18.1 Å². The predicted octanol–water partition coefficient (Wildman–Crippen LogP) is 3.35. The van der Waals surface area contributed by atoms with Crippen molar-refractivity contribution in [3.63, 3.8) is 0 Å². The number of rotatable bonds is 6. The lowest BCUT2D eigenvalue weighted by Crippen LogP contribution is -2.45. The van der Waals surface area contributed by atoms with Crippen molar-refractivity contribution >= 4 is 11.9 Å². The van der Waals surface area contributed by atoms with Crippen molar-refractivity contribution < 1.29 is 18.8 Å². The van der Waals surface area contributed by atoms with E-state index in [2.05, 4.69) is 10.5 Å². The monoisotopic (exact) mass is 344 g/mol. The molecule has 0 aliphatic carbocycles. The van der Waals surface area contributed by atoms with Crippen LogP contribution in [0.1, 0.15) is 54.3 Å². The summed E-state index contributed by atoms with van der Waals surface area (Å²) in [5, 5.41) is 6.61. The zero-order valence-corrected chi connectivity index (χ0v) is 15.2. The van der Waals surface area contributed by atoms with Gasteiger partial charge in [-0.05, 0) is 38.8 Å². The molecular formula is C19H24N2O4. The van der Waals surface area contributed by atoms with E-state index in [0.717, 1.165) is 5.56 Å². The average molecular weight is 344 g/mol. The van der Waals surface area contributed by atoms with Gasteiger partial charge in [0, 0.05) is 11.6 Å². The summed E-state index contributed by atoms with van der Waals surface area (Å²) < 4.78 is 10.4. The third kappa shape index (κ3) is 4.92. The number of carbonyl (C=O) groups is 2. The van der Waals surface area contributed by atoms with Crippen molar-refractivity contribution in [2.75, 3.05) is 0 Å². The maximum atomic E-state index is 12.5. The Balaban J connectivity index is 2.05. The number of hydrogen-bond acceptors (Lipinski definition) is 5. The molecule has 0 unspecified atom stereocenters. The Morgan fingerprint density at radius 2 is 1.76 bits per heavy atom. The van der Waals surface area contributed by atoms with Crippen LogP contribution in [0.15, 0.2) is 34.9 Å². The average Bonchev–Trinajstić information content (AvgIpc) is 2.99. The Bertz CT molecular complexity index is 734. The number of carbonyl (C=O) groups excluding carboxylic acids is 2. The number of hydrogen-bond donors (Lipinski definition) is 1. The first-order chi connectivity index (χ1) is 11.8. The molecule has 1 amide bonds. The topological polar surface area (TPSA) is 81.4 Å². The maximum absolute atomic E-state index is 12.5. The van der Waals surface area contributed by atoms with Gasteiger partial charge in [0.05, 0.1) is 0 Å². The van der Waals surface area contributed by atoms with Gasteiger partial charge in [-0.1, -0.05) is 36.7 Å². The molecule has 6 nitrogen and oxygen atoms in total. The first-order valence-electron chi connectivity index (χ1n) is 8.29. The molecule has 1 heterocycles. The molecule has 2 rings (SSSR count). The zero-order chi connectivity index (χ0) is 18.6. The molecule has 6 heteroatoms. The molecule has 0 spiro atoms. The highest BCUT2D eigenvalue weighted by Gasteiger charge is 2.28. The summed E-state index contributed by atoms with van der Waals surface area (Å²) in [6.07, 6.45) is -0.553. The van der Waals surface area contributed by atoms with E-state index in [4.69, 9.17) is 9.26 Å². The van der Waals surface area contributed by atoms with Crippen LogP contribution in [-0.2, 0) is 9.53 Å². The molecule has 2 atom stereocenters.